The van der Waals surface area contributed by atoms with Gasteiger partial charge in [0.2, 0.25) is 5.95 Å². The fourth-order valence-corrected chi connectivity index (χ4v) is 4.73. The molecule has 4 aromatic rings. The number of methoxy groups -OCH3 is 1. The standard InChI is InChI=1S/C28H35N7O/c1-18(2)35-17-31-25-26(33-28(34-27(25)35)32-23-13-11-22(29)12-14-23)30-16-19-7-9-20(10-8-19)21-5-4-6-24(15-21)36-3/h4-10,15,17-18,22-23H,11-14,16,29H2,1-3H3,(H2,30,32,33,34). The van der Waals surface area contributed by atoms with E-state index in [1.54, 1.807) is 7.11 Å². The average molecular weight is 486 g/mol. The molecule has 0 saturated heterocycles. The topological polar surface area (TPSA) is 103 Å². The van der Waals surface area contributed by atoms with E-state index in [1.807, 2.05) is 24.5 Å². The SMILES string of the molecule is COc1cccc(-c2ccc(CNc3nc(NC4CCC(N)CC4)nc4c3ncn4C(C)C)cc2)c1. The number of fused-ring (bicyclic) bond motifs is 1. The number of nitrogens with one attached hydrogen (secondary N) is 2. The van der Waals surface area contributed by atoms with Crippen LogP contribution in [-0.4, -0.2) is 38.7 Å². The Morgan fingerprint density at radius 1 is 1.03 bits per heavy atom. The normalized spacial score (nSPS) is 17.9. The summed E-state index contributed by atoms with van der Waals surface area (Å²) in [6.45, 7) is 4.91. The average Bonchev–Trinajstić information content (AvgIpc) is 3.33. The highest BCUT2D eigenvalue weighted by atomic mass is 16.5. The van der Waals surface area contributed by atoms with Gasteiger partial charge in [0, 0.05) is 24.7 Å². The van der Waals surface area contributed by atoms with Crippen molar-refractivity contribution in [1.82, 2.24) is 19.5 Å². The first-order valence-electron chi connectivity index (χ1n) is 12.7. The van der Waals surface area contributed by atoms with Gasteiger partial charge in [0.05, 0.1) is 13.4 Å². The molecular weight excluding hydrogens is 450 g/mol. The van der Waals surface area contributed by atoms with Crippen molar-refractivity contribution in [2.45, 2.75) is 64.2 Å². The molecule has 0 amide bonds. The molecule has 2 heterocycles. The number of hydrogen-bond donors (Lipinski definition) is 3. The van der Waals surface area contributed by atoms with Gasteiger partial charge in [-0.2, -0.15) is 9.97 Å². The van der Waals surface area contributed by atoms with Gasteiger partial charge in [-0.25, -0.2) is 4.98 Å². The van der Waals surface area contributed by atoms with Crippen LogP contribution in [0.3, 0.4) is 0 Å². The zero-order valence-corrected chi connectivity index (χ0v) is 21.2. The van der Waals surface area contributed by atoms with Crippen LogP contribution in [0.15, 0.2) is 54.9 Å². The smallest absolute Gasteiger partial charge is 0.227 e. The lowest BCUT2D eigenvalue weighted by atomic mass is 9.92. The van der Waals surface area contributed by atoms with Gasteiger partial charge in [-0.3, -0.25) is 0 Å². The maximum Gasteiger partial charge on any atom is 0.227 e. The fourth-order valence-electron chi connectivity index (χ4n) is 4.73. The van der Waals surface area contributed by atoms with E-state index in [4.69, 9.17) is 20.4 Å². The number of benzene rings is 2. The van der Waals surface area contributed by atoms with Crippen LogP contribution in [0.4, 0.5) is 11.8 Å². The van der Waals surface area contributed by atoms with Crippen LogP contribution in [0.5, 0.6) is 5.75 Å². The van der Waals surface area contributed by atoms with Crippen LogP contribution in [0.2, 0.25) is 0 Å². The number of hydrogen-bond acceptors (Lipinski definition) is 7. The first kappa shape index (κ1) is 24.1. The third-order valence-corrected chi connectivity index (χ3v) is 6.90. The number of ether oxygens (including phenoxy) is 1. The molecule has 1 aliphatic rings. The van der Waals surface area contributed by atoms with Crippen molar-refractivity contribution in [2.75, 3.05) is 17.7 Å². The van der Waals surface area contributed by atoms with E-state index in [2.05, 4.69) is 64.4 Å². The molecule has 188 valence electrons. The van der Waals surface area contributed by atoms with Crippen molar-refractivity contribution in [1.29, 1.82) is 0 Å². The predicted octanol–water partition coefficient (Wildman–Crippen LogP) is 5.38. The number of nitrogens with zero attached hydrogens (tertiary/aromatic N) is 4. The highest BCUT2D eigenvalue weighted by Gasteiger charge is 2.21. The molecule has 2 aromatic heterocycles. The van der Waals surface area contributed by atoms with E-state index in [0.29, 0.717) is 24.6 Å². The third-order valence-electron chi connectivity index (χ3n) is 6.90. The van der Waals surface area contributed by atoms with Crippen molar-refractivity contribution in [3.8, 4) is 16.9 Å². The van der Waals surface area contributed by atoms with Gasteiger partial charge in [-0.05, 0) is 68.4 Å². The van der Waals surface area contributed by atoms with E-state index in [-0.39, 0.29) is 6.04 Å². The summed E-state index contributed by atoms with van der Waals surface area (Å²) in [6.07, 6.45) is 5.98. The molecule has 0 atom stereocenters. The molecule has 1 saturated carbocycles. The Morgan fingerprint density at radius 2 is 1.81 bits per heavy atom. The Labute approximate surface area is 212 Å². The molecule has 0 spiro atoms. The van der Waals surface area contributed by atoms with Gasteiger partial charge in [-0.1, -0.05) is 36.4 Å². The monoisotopic (exact) mass is 485 g/mol. The molecule has 8 nitrogen and oxygen atoms in total. The summed E-state index contributed by atoms with van der Waals surface area (Å²) < 4.78 is 7.45. The lowest BCUT2D eigenvalue weighted by Crippen LogP contribution is -2.33. The van der Waals surface area contributed by atoms with Gasteiger partial charge in [0.1, 0.15) is 5.75 Å². The number of aromatic nitrogens is 4. The molecule has 8 heteroatoms. The van der Waals surface area contributed by atoms with E-state index in [1.165, 1.54) is 0 Å². The van der Waals surface area contributed by atoms with Crippen LogP contribution in [0.25, 0.3) is 22.3 Å². The third kappa shape index (κ3) is 5.28. The van der Waals surface area contributed by atoms with Crippen LogP contribution < -0.4 is 21.1 Å². The Morgan fingerprint density at radius 3 is 2.53 bits per heavy atom. The maximum atomic E-state index is 6.09. The number of anilines is 2. The van der Waals surface area contributed by atoms with E-state index >= 15 is 0 Å². The molecule has 0 bridgehead atoms. The minimum absolute atomic E-state index is 0.252. The first-order chi connectivity index (χ1) is 17.5. The molecule has 36 heavy (non-hydrogen) atoms. The molecule has 0 unspecified atom stereocenters. The highest BCUT2D eigenvalue weighted by molar-refractivity contribution is 5.84. The van der Waals surface area contributed by atoms with Crippen molar-refractivity contribution in [2.24, 2.45) is 5.73 Å². The largest absolute Gasteiger partial charge is 0.497 e. The lowest BCUT2D eigenvalue weighted by Gasteiger charge is -2.27. The molecule has 2 aromatic carbocycles. The van der Waals surface area contributed by atoms with Gasteiger partial charge in [-0.15, -0.1) is 0 Å². The lowest BCUT2D eigenvalue weighted by molar-refractivity contribution is 0.410. The summed E-state index contributed by atoms with van der Waals surface area (Å²) in [5.74, 6) is 2.24. The maximum absolute atomic E-state index is 6.09. The zero-order chi connectivity index (χ0) is 25.1. The molecule has 0 radical (unpaired) electrons. The van der Waals surface area contributed by atoms with Crippen LogP contribution in [-0.2, 0) is 6.54 Å². The Bertz CT molecular complexity index is 1310. The summed E-state index contributed by atoms with van der Waals surface area (Å²) in [6, 6.07) is 17.5. The molecule has 5 rings (SSSR count). The van der Waals surface area contributed by atoms with Crippen molar-refractivity contribution in [3.63, 3.8) is 0 Å². The van der Waals surface area contributed by atoms with E-state index in [9.17, 15) is 0 Å². The second kappa shape index (κ2) is 10.5. The Balaban J connectivity index is 1.36. The second-order valence-corrected chi connectivity index (χ2v) is 9.85. The van der Waals surface area contributed by atoms with E-state index < -0.39 is 0 Å². The summed E-state index contributed by atoms with van der Waals surface area (Å²) in [7, 11) is 1.69. The van der Waals surface area contributed by atoms with Gasteiger partial charge in [0.25, 0.3) is 0 Å². The highest BCUT2D eigenvalue weighted by Crippen LogP contribution is 2.27. The summed E-state index contributed by atoms with van der Waals surface area (Å²) >= 11 is 0. The predicted molar refractivity (Wildman–Crippen MR) is 145 cm³/mol. The van der Waals surface area contributed by atoms with Gasteiger partial charge < -0.3 is 25.7 Å². The van der Waals surface area contributed by atoms with Crippen LogP contribution >= 0.6 is 0 Å². The Kier molecular flexibility index (Phi) is 7.04. The summed E-state index contributed by atoms with van der Waals surface area (Å²) in [5.41, 5.74) is 11.2. The summed E-state index contributed by atoms with van der Waals surface area (Å²) in [5, 5.41) is 7.07. The van der Waals surface area contributed by atoms with Crippen LogP contribution in [0, 0.1) is 0 Å². The van der Waals surface area contributed by atoms with E-state index in [0.717, 1.165) is 65.1 Å². The number of imidazole rings is 1. The molecule has 1 aliphatic carbocycles. The fraction of sp³-hybridized carbons (Fsp3) is 0.393. The van der Waals surface area contributed by atoms with Crippen LogP contribution in [0.1, 0.15) is 51.1 Å². The minimum atomic E-state index is 0.252. The summed E-state index contributed by atoms with van der Waals surface area (Å²) in [4.78, 5) is 14.3. The first-order valence-corrected chi connectivity index (χ1v) is 12.7. The molecular formula is C28H35N7O. The minimum Gasteiger partial charge on any atom is -0.497 e. The molecule has 0 aliphatic heterocycles. The van der Waals surface area contributed by atoms with Crippen molar-refractivity contribution in [3.05, 3.63) is 60.4 Å². The van der Waals surface area contributed by atoms with Gasteiger partial charge in [0.15, 0.2) is 17.0 Å². The molecule has 4 N–H and O–H groups in total. The number of nitrogens with two attached hydrogens (primary N) is 1. The zero-order valence-electron chi connectivity index (χ0n) is 21.2. The van der Waals surface area contributed by atoms with Gasteiger partial charge >= 0.3 is 0 Å². The second-order valence-electron chi connectivity index (χ2n) is 9.85. The van der Waals surface area contributed by atoms with Crippen molar-refractivity contribution >= 4 is 22.9 Å². The molecule has 1 fully saturated rings. The Hall–Kier alpha value is -3.65. The number of rotatable bonds is 8. The van der Waals surface area contributed by atoms with Crippen molar-refractivity contribution < 1.29 is 4.74 Å². The quantitative estimate of drug-likeness (QED) is 0.308.